The second kappa shape index (κ2) is 16.9. The van der Waals surface area contributed by atoms with E-state index in [0.29, 0.717) is 59.4 Å². The van der Waals surface area contributed by atoms with Crippen LogP contribution < -0.4 is 5.11 Å². The summed E-state index contributed by atoms with van der Waals surface area (Å²) < 4.78 is 8.22. The van der Waals surface area contributed by atoms with Crippen molar-refractivity contribution in [1.82, 2.24) is 9.80 Å². The molecule has 2 fully saturated rings. The van der Waals surface area contributed by atoms with E-state index >= 15 is 0 Å². The van der Waals surface area contributed by atoms with E-state index in [0.717, 1.165) is 63.2 Å². The maximum absolute atomic E-state index is 13.1. The zero-order chi connectivity index (χ0) is 26.7. The van der Waals surface area contributed by atoms with E-state index in [-0.39, 0.29) is 23.8 Å². The van der Waals surface area contributed by atoms with Gasteiger partial charge in [-0.1, -0.05) is 36.2 Å². The van der Waals surface area contributed by atoms with Crippen LogP contribution >= 0.6 is 23.2 Å². The normalized spacial score (nSPS) is 24.0. The van der Waals surface area contributed by atoms with Crippen molar-refractivity contribution in [2.75, 3.05) is 44.2 Å². The quantitative estimate of drug-likeness (QED) is 0.183. The average molecular weight is 659 g/mol. The molecule has 0 unspecified atom stereocenters. The first-order valence-corrected chi connectivity index (χ1v) is 15.0. The standard InChI is InChI=1S/C25H37Cl2N3O2S2.O.Tc/c1-2-23(31)25-19(17-4-6-20(26)21(27)14-17)15-18-5-7-22(25)30(18)10-3-9-29(11-13-34)16-24(32)28-8-12-33;;/h4,6,14,18-19,22,25,33-34H,2-3,5,7-13,15-16H2,1H3,(H,28,32);;/q;;+3/p-3/t18-,19-,22+,25-;;/m0../s1/i;;1+1. The summed E-state index contributed by atoms with van der Waals surface area (Å²) >= 11 is 23.4. The number of piperidine rings is 1. The Bertz CT molecular complexity index is 883. The molecule has 2 heterocycles. The molecule has 4 atom stereocenters. The summed E-state index contributed by atoms with van der Waals surface area (Å²) in [7, 11) is 0. The van der Waals surface area contributed by atoms with Crippen molar-refractivity contribution < 1.29 is 32.3 Å². The topological polar surface area (TPSA) is 76.0 Å². The van der Waals surface area contributed by atoms with Gasteiger partial charge in [-0.3, -0.25) is 9.69 Å². The zero-order valence-corrected chi connectivity index (χ0v) is 25.5. The molecule has 0 spiro atoms. The van der Waals surface area contributed by atoms with Crippen molar-refractivity contribution in [1.29, 1.82) is 0 Å². The van der Waals surface area contributed by atoms with E-state index < -0.39 is 0 Å². The van der Waals surface area contributed by atoms with Crippen molar-refractivity contribution >= 4 is 60.1 Å². The van der Waals surface area contributed by atoms with Crippen molar-refractivity contribution in [3.05, 3.63) is 33.8 Å². The monoisotopic (exact) mass is 657 g/mol. The Kier molecular flexibility index (Phi) is 15.1. The molecule has 0 saturated carbocycles. The molecule has 0 amide bonds. The first-order valence-electron chi connectivity index (χ1n) is 12.4. The van der Waals surface area contributed by atoms with Crippen LogP contribution in [0.2, 0.25) is 10.0 Å². The Balaban J connectivity index is 0.00000222. The van der Waals surface area contributed by atoms with Crippen molar-refractivity contribution in [3.63, 3.8) is 0 Å². The first kappa shape index (κ1) is 32.2. The van der Waals surface area contributed by atoms with Gasteiger partial charge in [0.1, 0.15) is 5.78 Å². The Morgan fingerprint density at radius 3 is 2.58 bits per heavy atom. The van der Waals surface area contributed by atoms with Gasteiger partial charge in [0.15, 0.2) is 0 Å². The van der Waals surface area contributed by atoms with Gasteiger partial charge in [0.05, 0.1) is 10.0 Å². The Morgan fingerprint density at radius 2 is 1.94 bits per heavy atom. The molecule has 1 aromatic rings. The van der Waals surface area contributed by atoms with Crippen molar-refractivity contribution in [2.24, 2.45) is 10.9 Å². The number of carbonyl (C=O) groups is 1. The number of aliphatic imine (C=N–C) groups is 1. The summed E-state index contributed by atoms with van der Waals surface area (Å²) in [5.41, 5.74) is 1.12. The number of Topliss-reactive ketones (excluding diaryl/α,β-unsaturated/α-hetero) is 1. The fourth-order valence-electron chi connectivity index (χ4n) is 5.71. The van der Waals surface area contributed by atoms with E-state index in [1.165, 1.54) is 0 Å². The summed E-state index contributed by atoms with van der Waals surface area (Å²) in [6.45, 7) is 5.08. The molecule has 3 rings (SSSR count). The summed E-state index contributed by atoms with van der Waals surface area (Å²) in [6, 6.07) is 6.53. The zero-order valence-electron chi connectivity index (χ0n) is 20.5. The van der Waals surface area contributed by atoms with Crippen LogP contribution in [-0.2, 0) is 52.4 Å². The molecule has 2 saturated heterocycles. The van der Waals surface area contributed by atoms with Gasteiger partial charge in [-0.25, -0.2) is 0 Å². The average Bonchev–Trinajstić information content (AvgIpc) is 3.15. The third kappa shape index (κ3) is 8.77. The summed E-state index contributed by atoms with van der Waals surface area (Å²) in [6.07, 6.45) is 4.60. The van der Waals surface area contributed by atoms with Crippen LogP contribution in [-0.4, -0.2) is 77.8 Å². The number of fused-ring (bicyclic) bond motifs is 2. The summed E-state index contributed by atoms with van der Waals surface area (Å²) in [4.78, 5) is 21.8. The molecule has 200 valence electrons. The van der Waals surface area contributed by atoms with Gasteiger partial charge in [-0.05, 0) is 74.8 Å². The van der Waals surface area contributed by atoms with Crippen LogP contribution in [0.4, 0.5) is 0 Å². The van der Waals surface area contributed by atoms with Gasteiger partial charge in [-0.2, -0.15) is 11.5 Å². The number of benzene rings is 1. The predicted octanol–water partition coefficient (Wildman–Crippen LogP) is 3.33. The first-order chi connectivity index (χ1) is 17.4. The van der Waals surface area contributed by atoms with Crippen molar-refractivity contribution in [2.45, 2.75) is 57.0 Å². The van der Waals surface area contributed by atoms with E-state index in [1.807, 2.05) is 25.1 Å². The molecule has 0 aliphatic carbocycles. The fraction of sp³-hybridized carbons (Fsp3) is 0.680. The molecule has 2 bridgehead atoms. The molecule has 2 aliphatic rings. The van der Waals surface area contributed by atoms with Gasteiger partial charge in [-0.15, -0.1) is 0 Å². The van der Waals surface area contributed by atoms with Crippen LogP contribution in [0.5, 0.6) is 0 Å². The summed E-state index contributed by atoms with van der Waals surface area (Å²) in [5, 5.41) is 13.2. The van der Waals surface area contributed by atoms with E-state index in [1.54, 1.807) is 0 Å². The molecule has 0 radical (unpaired) electrons. The Labute approximate surface area is 246 Å². The number of hydrogen-bond acceptors (Lipinski definition) is 8. The van der Waals surface area contributed by atoms with Crippen LogP contribution in [0.25, 0.3) is 0 Å². The second-order valence-electron chi connectivity index (χ2n) is 9.21. The molecular formula is C25H34Cl2N3O3S2Tc. The third-order valence-electron chi connectivity index (χ3n) is 7.19. The minimum absolute atomic E-state index is 0.0245. The van der Waals surface area contributed by atoms with Crippen LogP contribution in [0, 0.1) is 5.92 Å². The van der Waals surface area contributed by atoms with Gasteiger partial charge in [0.2, 0.25) is 0 Å². The van der Waals surface area contributed by atoms with E-state index in [9.17, 15) is 9.90 Å². The molecule has 0 N–H and O–H groups in total. The fourth-order valence-corrected chi connectivity index (χ4v) is 6.37. The van der Waals surface area contributed by atoms with Crippen LogP contribution in [0.1, 0.15) is 50.5 Å². The number of nitrogens with zero attached hydrogens (tertiary/aromatic N) is 3. The molecule has 1 aromatic carbocycles. The SMILES string of the molecule is CCC(=O)[C@@H]1[C@H]2CC[C@@H](C[C@H]1c1ccc(Cl)c(Cl)c1)N2CCCN(CC[S-])CC([O-])=NCC[S-].[O]=[99Tc+3]. The molecular weight excluding hydrogens is 624 g/mol. The molecule has 6 nitrogen and oxygen atoms in total. The predicted molar refractivity (Wildman–Crippen MR) is 145 cm³/mol. The minimum atomic E-state index is -0.121. The van der Waals surface area contributed by atoms with Crippen molar-refractivity contribution in [3.8, 4) is 0 Å². The van der Waals surface area contributed by atoms with Gasteiger partial charge in [0.25, 0.3) is 0 Å². The molecule has 0 aromatic heterocycles. The number of halogens is 2. The van der Waals surface area contributed by atoms with E-state index in [2.05, 4.69) is 14.8 Å². The summed E-state index contributed by atoms with van der Waals surface area (Å²) in [5.74, 6) is 1.41. The van der Waals surface area contributed by atoms with Crippen LogP contribution in [0.15, 0.2) is 23.2 Å². The van der Waals surface area contributed by atoms with Gasteiger partial charge >= 0.3 is 22.4 Å². The number of hydrogen-bond donors (Lipinski definition) is 0. The molecule has 2 aliphatic heterocycles. The Morgan fingerprint density at radius 1 is 1.19 bits per heavy atom. The van der Waals surface area contributed by atoms with Gasteiger partial charge < -0.3 is 40.3 Å². The number of carbonyl (C=O) groups excluding carboxylic acids is 1. The van der Waals surface area contributed by atoms with Gasteiger partial charge in [0, 0.05) is 37.5 Å². The number of rotatable bonds is 13. The second-order valence-corrected chi connectivity index (χ2v) is 10.8. The van der Waals surface area contributed by atoms with E-state index in [4.69, 9.17) is 52.0 Å². The number of ketones is 1. The maximum atomic E-state index is 13.1. The molecule has 36 heavy (non-hydrogen) atoms. The third-order valence-corrected chi connectivity index (χ3v) is 8.30. The Hall–Kier alpha value is 0.00935. The molecule has 11 heteroatoms. The van der Waals surface area contributed by atoms with Crippen LogP contribution in [0.3, 0.4) is 0 Å².